The molecule has 2 nitrogen and oxygen atoms in total. The van der Waals surface area contributed by atoms with Crippen molar-refractivity contribution in [3.8, 4) is 0 Å². The van der Waals surface area contributed by atoms with Gasteiger partial charge < -0.3 is 10.4 Å². The van der Waals surface area contributed by atoms with E-state index < -0.39 is 0 Å². The Morgan fingerprint density at radius 2 is 1.88 bits per heavy atom. The molecule has 1 aliphatic rings. The van der Waals surface area contributed by atoms with E-state index in [2.05, 4.69) is 19.2 Å². The molecule has 1 rings (SSSR count). The van der Waals surface area contributed by atoms with Gasteiger partial charge in [-0.15, -0.1) is 0 Å². The molecule has 16 heavy (non-hydrogen) atoms. The third-order valence-electron chi connectivity index (χ3n) is 3.92. The topological polar surface area (TPSA) is 32.3 Å². The molecule has 0 spiro atoms. The molecule has 0 bridgehead atoms. The second-order valence-electron chi connectivity index (χ2n) is 5.65. The molecule has 0 radical (unpaired) electrons. The Morgan fingerprint density at radius 1 is 1.19 bits per heavy atom. The molecule has 1 saturated carbocycles. The van der Waals surface area contributed by atoms with Crippen molar-refractivity contribution in [1.82, 2.24) is 5.32 Å². The lowest BCUT2D eigenvalue weighted by Gasteiger charge is -2.18. The maximum Gasteiger partial charge on any atom is 0.0434 e. The van der Waals surface area contributed by atoms with Crippen molar-refractivity contribution in [2.24, 2.45) is 11.8 Å². The third-order valence-corrected chi connectivity index (χ3v) is 3.92. The summed E-state index contributed by atoms with van der Waals surface area (Å²) in [5.74, 6) is 1.61. The fourth-order valence-corrected chi connectivity index (χ4v) is 2.61. The Morgan fingerprint density at radius 3 is 2.50 bits per heavy atom. The maximum absolute atomic E-state index is 8.82. The number of nitrogens with one attached hydrogen (secondary N) is 1. The van der Waals surface area contributed by atoms with Crippen LogP contribution in [0.25, 0.3) is 0 Å². The van der Waals surface area contributed by atoms with Crippen LogP contribution < -0.4 is 5.32 Å². The minimum absolute atomic E-state index is 0.319. The molecule has 0 amide bonds. The highest BCUT2D eigenvalue weighted by Gasteiger charge is 2.15. The van der Waals surface area contributed by atoms with Gasteiger partial charge in [-0.2, -0.15) is 0 Å². The average Bonchev–Trinajstić information content (AvgIpc) is 2.77. The Bertz CT molecular complexity index is 166. The number of hydrogen-bond donors (Lipinski definition) is 2. The SMILES string of the molecule is CC(CCO)CNC(C)CCC1CCCC1. The van der Waals surface area contributed by atoms with Crippen molar-refractivity contribution in [3.63, 3.8) is 0 Å². The summed E-state index contributed by atoms with van der Waals surface area (Å²) in [6.07, 6.45) is 9.49. The van der Waals surface area contributed by atoms with Gasteiger partial charge in [0, 0.05) is 12.6 Å². The fraction of sp³-hybridized carbons (Fsp3) is 1.00. The zero-order valence-electron chi connectivity index (χ0n) is 11.0. The van der Waals surface area contributed by atoms with Crippen LogP contribution in [0.2, 0.25) is 0 Å². The predicted octanol–water partition coefficient (Wildman–Crippen LogP) is 2.95. The summed E-state index contributed by atoms with van der Waals surface area (Å²) in [4.78, 5) is 0. The zero-order chi connectivity index (χ0) is 11.8. The first-order chi connectivity index (χ1) is 7.72. The van der Waals surface area contributed by atoms with E-state index in [1.807, 2.05) is 0 Å². The van der Waals surface area contributed by atoms with Gasteiger partial charge in [0.2, 0.25) is 0 Å². The van der Waals surface area contributed by atoms with Gasteiger partial charge >= 0.3 is 0 Å². The Labute approximate surface area is 101 Å². The monoisotopic (exact) mass is 227 g/mol. The van der Waals surface area contributed by atoms with Crippen LogP contribution in [-0.2, 0) is 0 Å². The van der Waals surface area contributed by atoms with Gasteiger partial charge in [-0.05, 0) is 44.6 Å². The normalized spacial score (nSPS) is 21.2. The van der Waals surface area contributed by atoms with Gasteiger partial charge in [0.05, 0.1) is 0 Å². The number of rotatable bonds is 8. The first-order valence-corrected chi connectivity index (χ1v) is 7.06. The lowest BCUT2D eigenvalue weighted by atomic mass is 9.99. The van der Waals surface area contributed by atoms with E-state index in [9.17, 15) is 0 Å². The van der Waals surface area contributed by atoms with Crippen molar-refractivity contribution in [3.05, 3.63) is 0 Å². The minimum Gasteiger partial charge on any atom is -0.396 e. The molecule has 0 aromatic rings. The molecule has 0 heterocycles. The Hall–Kier alpha value is -0.0800. The van der Waals surface area contributed by atoms with Gasteiger partial charge in [-0.25, -0.2) is 0 Å². The van der Waals surface area contributed by atoms with Crippen LogP contribution in [0.1, 0.15) is 58.8 Å². The molecule has 0 aliphatic heterocycles. The lowest BCUT2D eigenvalue weighted by Crippen LogP contribution is -2.31. The fourth-order valence-electron chi connectivity index (χ4n) is 2.61. The third kappa shape index (κ3) is 5.86. The summed E-state index contributed by atoms with van der Waals surface area (Å²) < 4.78 is 0. The van der Waals surface area contributed by atoms with E-state index >= 15 is 0 Å². The molecule has 0 saturated heterocycles. The predicted molar refractivity (Wildman–Crippen MR) is 69.5 cm³/mol. The van der Waals surface area contributed by atoms with Crippen LogP contribution in [-0.4, -0.2) is 24.3 Å². The van der Waals surface area contributed by atoms with Crippen LogP contribution in [0.4, 0.5) is 0 Å². The number of hydrogen-bond acceptors (Lipinski definition) is 2. The Kier molecular flexibility index (Phi) is 7.06. The van der Waals surface area contributed by atoms with E-state index in [1.54, 1.807) is 0 Å². The molecule has 1 fully saturated rings. The number of aliphatic hydroxyl groups is 1. The summed E-state index contributed by atoms with van der Waals surface area (Å²) in [5.41, 5.74) is 0. The minimum atomic E-state index is 0.319. The molecule has 0 aromatic heterocycles. The second kappa shape index (κ2) is 8.08. The number of aliphatic hydroxyl groups excluding tert-OH is 1. The van der Waals surface area contributed by atoms with E-state index in [0.29, 0.717) is 18.6 Å². The highest BCUT2D eigenvalue weighted by atomic mass is 16.3. The largest absolute Gasteiger partial charge is 0.396 e. The van der Waals surface area contributed by atoms with E-state index in [4.69, 9.17) is 5.11 Å². The van der Waals surface area contributed by atoms with Crippen molar-refractivity contribution in [2.75, 3.05) is 13.2 Å². The lowest BCUT2D eigenvalue weighted by molar-refractivity contribution is 0.257. The summed E-state index contributed by atoms with van der Waals surface area (Å²) in [5, 5.41) is 12.4. The van der Waals surface area contributed by atoms with Crippen molar-refractivity contribution >= 4 is 0 Å². The van der Waals surface area contributed by atoms with Crippen molar-refractivity contribution < 1.29 is 5.11 Å². The second-order valence-corrected chi connectivity index (χ2v) is 5.65. The molecular weight excluding hydrogens is 198 g/mol. The summed E-state index contributed by atoms with van der Waals surface area (Å²) in [7, 11) is 0. The quantitative estimate of drug-likeness (QED) is 0.668. The van der Waals surface area contributed by atoms with Crippen molar-refractivity contribution in [2.45, 2.75) is 64.8 Å². The maximum atomic E-state index is 8.82. The molecular formula is C14H29NO. The van der Waals surface area contributed by atoms with E-state index in [1.165, 1.54) is 38.5 Å². The van der Waals surface area contributed by atoms with E-state index in [0.717, 1.165) is 18.9 Å². The van der Waals surface area contributed by atoms with Gasteiger partial charge in [0.15, 0.2) is 0 Å². The highest BCUT2D eigenvalue weighted by Crippen LogP contribution is 2.28. The standard InChI is InChI=1S/C14H29NO/c1-12(9-10-16)11-15-13(2)7-8-14-5-3-4-6-14/h12-16H,3-11H2,1-2H3. The molecule has 2 heteroatoms. The van der Waals surface area contributed by atoms with Gasteiger partial charge in [0.25, 0.3) is 0 Å². The van der Waals surface area contributed by atoms with Crippen LogP contribution in [0.15, 0.2) is 0 Å². The molecule has 0 aromatic carbocycles. The molecule has 96 valence electrons. The molecule has 1 aliphatic carbocycles. The van der Waals surface area contributed by atoms with Crippen molar-refractivity contribution in [1.29, 1.82) is 0 Å². The summed E-state index contributed by atoms with van der Waals surface area (Å²) in [6.45, 7) is 5.86. The smallest absolute Gasteiger partial charge is 0.0434 e. The van der Waals surface area contributed by atoms with Gasteiger partial charge in [0.1, 0.15) is 0 Å². The van der Waals surface area contributed by atoms with Crippen LogP contribution in [0.5, 0.6) is 0 Å². The zero-order valence-corrected chi connectivity index (χ0v) is 11.0. The first-order valence-electron chi connectivity index (χ1n) is 7.06. The average molecular weight is 227 g/mol. The Balaban J connectivity index is 1.99. The van der Waals surface area contributed by atoms with Gasteiger partial charge in [-0.1, -0.05) is 32.6 Å². The summed E-state index contributed by atoms with van der Waals surface area (Å²) in [6, 6.07) is 0.641. The first kappa shape index (κ1) is 14.0. The van der Waals surface area contributed by atoms with E-state index in [-0.39, 0.29) is 0 Å². The van der Waals surface area contributed by atoms with Crippen LogP contribution in [0.3, 0.4) is 0 Å². The highest BCUT2D eigenvalue weighted by molar-refractivity contribution is 4.71. The molecule has 2 unspecified atom stereocenters. The van der Waals surface area contributed by atoms with Crippen LogP contribution >= 0.6 is 0 Å². The summed E-state index contributed by atoms with van der Waals surface area (Å²) >= 11 is 0. The molecule has 2 atom stereocenters. The van der Waals surface area contributed by atoms with Crippen LogP contribution in [0, 0.1) is 11.8 Å². The van der Waals surface area contributed by atoms with Gasteiger partial charge in [-0.3, -0.25) is 0 Å². The molecule has 2 N–H and O–H groups in total.